The van der Waals surface area contributed by atoms with Gasteiger partial charge in [0.2, 0.25) is 10.0 Å². The summed E-state index contributed by atoms with van der Waals surface area (Å²) in [7, 11) is -2.83. The zero-order chi connectivity index (χ0) is 23.7. The number of imide groups is 1. The van der Waals surface area contributed by atoms with E-state index in [-0.39, 0.29) is 16.2 Å². The second kappa shape index (κ2) is 8.74. The number of carbonyl (C=O) groups excluding carboxylic acids is 4. The molecular formula is C19H24N4O8S. The Labute approximate surface area is 184 Å². The summed E-state index contributed by atoms with van der Waals surface area (Å²) in [5, 5.41) is 8.31. The average molecular weight is 468 g/mol. The molecule has 1 heterocycles. The number of urea groups is 1. The van der Waals surface area contributed by atoms with E-state index in [4.69, 9.17) is 14.6 Å². The van der Waals surface area contributed by atoms with Crippen LogP contribution in [0.1, 0.15) is 43.0 Å². The van der Waals surface area contributed by atoms with Crippen molar-refractivity contribution in [1.82, 2.24) is 15.8 Å². The minimum atomic E-state index is -4.09. The number of nitrogens with two attached hydrogens (primary N) is 1. The van der Waals surface area contributed by atoms with Crippen LogP contribution in [-0.2, 0) is 24.3 Å². The van der Waals surface area contributed by atoms with Gasteiger partial charge in [0.05, 0.1) is 12.0 Å². The third kappa shape index (κ3) is 4.67. The lowest BCUT2D eigenvalue weighted by molar-refractivity contribution is -0.141. The number of methoxy groups -OCH3 is 1. The van der Waals surface area contributed by atoms with Crippen LogP contribution in [0.3, 0.4) is 0 Å². The van der Waals surface area contributed by atoms with Crippen LogP contribution in [0, 0.1) is 5.92 Å². The maximum atomic E-state index is 12.7. The van der Waals surface area contributed by atoms with Gasteiger partial charge in [-0.3, -0.25) is 15.0 Å². The van der Waals surface area contributed by atoms with Gasteiger partial charge in [0.1, 0.15) is 16.9 Å². The quantitative estimate of drug-likeness (QED) is 0.387. The molecule has 1 aliphatic carbocycles. The molecule has 12 nitrogen and oxygen atoms in total. The largest absolute Gasteiger partial charge is 0.496 e. The van der Waals surface area contributed by atoms with E-state index in [1.54, 1.807) is 0 Å². The number of benzene rings is 1. The molecule has 0 aromatic heterocycles. The van der Waals surface area contributed by atoms with Crippen molar-refractivity contribution in [3.63, 3.8) is 0 Å². The highest BCUT2D eigenvalue weighted by molar-refractivity contribution is 7.89. The molecule has 1 saturated carbocycles. The Bertz CT molecular complexity index is 1060. The lowest BCUT2D eigenvalue weighted by atomic mass is 9.77. The summed E-state index contributed by atoms with van der Waals surface area (Å²) in [5.74, 6) is -2.10. The van der Waals surface area contributed by atoms with Gasteiger partial charge in [0, 0.05) is 0 Å². The second-order valence-electron chi connectivity index (χ2n) is 7.85. The van der Waals surface area contributed by atoms with Crippen molar-refractivity contribution in [2.45, 2.75) is 43.0 Å². The maximum Gasteiger partial charge on any atom is 0.344 e. The molecule has 0 atom stereocenters. The molecule has 1 spiro atoms. The smallest absolute Gasteiger partial charge is 0.344 e. The standard InChI is InChI=1S/C19H24N4O8S/c1-11-5-7-19(8-6-11)17(26)23(18(27)21-19)22-15(24)10-31-16(25)13-9-12(32(20,28)29)3-4-14(13)30-2/h3-4,9,11H,5-8,10H2,1-2H3,(H,21,27)(H,22,24)(H2,20,28,29). The number of nitrogens with zero attached hydrogens (tertiary/aromatic N) is 1. The lowest BCUT2D eigenvalue weighted by Gasteiger charge is -2.33. The van der Waals surface area contributed by atoms with Crippen molar-refractivity contribution in [3.05, 3.63) is 23.8 Å². The van der Waals surface area contributed by atoms with Gasteiger partial charge in [-0.1, -0.05) is 6.92 Å². The molecule has 0 bridgehead atoms. The Morgan fingerprint density at radius 3 is 2.53 bits per heavy atom. The molecule has 0 radical (unpaired) electrons. The van der Waals surface area contributed by atoms with Crippen LogP contribution < -0.4 is 20.6 Å². The van der Waals surface area contributed by atoms with Crippen molar-refractivity contribution >= 4 is 33.8 Å². The van der Waals surface area contributed by atoms with Crippen LogP contribution in [-0.4, -0.2) is 56.5 Å². The third-order valence-corrected chi connectivity index (χ3v) is 6.49. The van der Waals surface area contributed by atoms with Gasteiger partial charge in [-0.05, 0) is 49.8 Å². The Morgan fingerprint density at radius 1 is 1.28 bits per heavy atom. The molecule has 174 valence electrons. The molecule has 1 aromatic rings. The molecule has 1 saturated heterocycles. The molecule has 2 fully saturated rings. The van der Waals surface area contributed by atoms with E-state index in [0.717, 1.165) is 25.0 Å². The summed E-state index contributed by atoms with van der Waals surface area (Å²) in [4.78, 5) is 49.2. The van der Waals surface area contributed by atoms with E-state index >= 15 is 0 Å². The van der Waals surface area contributed by atoms with Crippen LogP contribution >= 0.6 is 0 Å². The molecule has 3 rings (SSSR count). The first kappa shape index (κ1) is 23.5. The predicted octanol–water partition coefficient (Wildman–Crippen LogP) is 0.0313. The van der Waals surface area contributed by atoms with E-state index < -0.39 is 46.0 Å². The number of carbonyl (C=O) groups is 4. The van der Waals surface area contributed by atoms with Gasteiger partial charge in [0.15, 0.2) is 6.61 Å². The first-order chi connectivity index (χ1) is 15.0. The van der Waals surface area contributed by atoms with E-state index in [2.05, 4.69) is 17.7 Å². The van der Waals surface area contributed by atoms with Crippen LogP contribution in [0.5, 0.6) is 5.75 Å². The molecule has 13 heteroatoms. The molecular weight excluding hydrogens is 444 g/mol. The van der Waals surface area contributed by atoms with Gasteiger partial charge in [-0.2, -0.15) is 5.01 Å². The van der Waals surface area contributed by atoms with Crippen molar-refractivity contribution in [3.8, 4) is 5.75 Å². The number of rotatable bonds is 6. The van der Waals surface area contributed by atoms with Crippen molar-refractivity contribution in [2.24, 2.45) is 11.1 Å². The lowest BCUT2D eigenvalue weighted by Crippen LogP contribution is -2.52. The fourth-order valence-electron chi connectivity index (χ4n) is 3.71. The number of amides is 4. The molecule has 0 unspecified atom stereocenters. The summed E-state index contributed by atoms with van der Waals surface area (Å²) >= 11 is 0. The SMILES string of the molecule is COc1ccc(S(N)(=O)=O)cc1C(=O)OCC(=O)NN1C(=O)NC2(CCC(C)CC2)C1=O. The Kier molecular flexibility index (Phi) is 6.41. The first-order valence-electron chi connectivity index (χ1n) is 9.81. The highest BCUT2D eigenvalue weighted by Gasteiger charge is 2.52. The third-order valence-electron chi connectivity index (χ3n) is 5.58. The predicted molar refractivity (Wildman–Crippen MR) is 109 cm³/mol. The Balaban J connectivity index is 1.63. The van der Waals surface area contributed by atoms with Crippen LogP contribution in [0.4, 0.5) is 4.79 Å². The fourth-order valence-corrected chi connectivity index (χ4v) is 4.24. The first-order valence-corrected chi connectivity index (χ1v) is 11.4. The second-order valence-corrected chi connectivity index (χ2v) is 9.41. The number of hydrazine groups is 1. The van der Waals surface area contributed by atoms with Crippen molar-refractivity contribution < 1.29 is 37.1 Å². The zero-order valence-corrected chi connectivity index (χ0v) is 18.4. The summed E-state index contributed by atoms with van der Waals surface area (Å²) < 4.78 is 32.9. The number of nitrogens with one attached hydrogen (secondary N) is 2. The number of ether oxygens (including phenoxy) is 2. The maximum absolute atomic E-state index is 12.7. The minimum absolute atomic E-state index is 0.00498. The van der Waals surface area contributed by atoms with Gasteiger partial charge >= 0.3 is 12.0 Å². The Morgan fingerprint density at radius 2 is 1.94 bits per heavy atom. The van der Waals surface area contributed by atoms with Gasteiger partial charge in [0.25, 0.3) is 11.8 Å². The van der Waals surface area contributed by atoms with Gasteiger partial charge in [-0.15, -0.1) is 0 Å². The molecule has 4 N–H and O–H groups in total. The molecule has 1 aliphatic heterocycles. The normalized spacial score (nSPS) is 23.1. The fraction of sp³-hybridized carbons (Fsp3) is 0.474. The summed E-state index contributed by atoms with van der Waals surface area (Å²) in [6.07, 6.45) is 2.48. The summed E-state index contributed by atoms with van der Waals surface area (Å²) in [6.45, 7) is 1.23. The number of sulfonamides is 1. The van der Waals surface area contributed by atoms with Gasteiger partial charge < -0.3 is 14.8 Å². The monoisotopic (exact) mass is 468 g/mol. The molecule has 32 heavy (non-hydrogen) atoms. The van der Waals surface area contributed by atoms with E-state index in [0.29, 0.717) is 23.8 Å². The molecule has 1 aromatic carbocycles. The van der Waals surface area contributed by atoms with Crippen molar-refractivity contribution in [1.29, 1.82) is 0 Å². The van der Waals surface area contributed by atoms with Crippen LogP contribution in [0.15, 0.2) is 23.1 Å². The average Bonchev–Trinajstić information content (AvgIpc) is 2.97. The number of esters is 1. The van der Waals surface area contributed by atoms with Gasteiger partial charge in [-0.25, -0.2) is 23.1 Å². The van der Waals surface area contributed by atoms with Crippen LogP contribution in [0.2, 0.25) is 0 Å². The molecule has 4 amide bonds. The highest BCUT2D eigenvalue weighted by Crippen LogP contribution is 2.35. The Hall–Kier alpha value is -3.19. The number of hydrogen-bond donors (Lipinski definition) is 3. The van der Waals surface area contributed by atoms with Crippen molar-refractivity contribution in [2.75, 3.05) is 13.7 Å². The minimum Gasteiger partial charge on any atom is -0.496 e. The van der Waals surface area contributed by atoms with E-state index in [1.165, 1.54) is 13.2 Å². The zero-order valence-electron chi connectivity index (χ0n) is 17.5. The summed E-state index contributed by atoms with van der Waals surface area (Å²) in [6, 6.07) is 2.57. The molecule has 2 aliphatic rings. The van der Waals surface area contributed by atoms with Crippen LogP contribution in [0.25, 0.3) is 0 Å². The highest BCUT2D eigenvalue weighted by atomic mass is 32.2. The topological polar surface area (TPSA) is 174 Å². The van der Waals surface area contributed by atoms with E-state index in [1.807, 2.05) is 0 Å². The number of hydrogen-bond acceptors (Lipinski definition) is 8. The number of primary sulfonamides is 1. The summed E-state index contributed by atoms with van der Waals surface area (Å²) in [5.41, 5.74) is 0.841. The van der Waals surface area contributed by atoms with E-state index in [9.17, 15) is 27.6 Å².